The van der Waals surface area contributed by atoms with E-state index in [0.29, 0.717) is 22.1 Å². The molecule has 0 saturated heterocycles. The Morgan fingerprint density at radius 3 is 2.13 bits per heavy atom. The molecule has 8 heteroatoms. The van der Waals surface area contributed by atoms with Crippen molar-refractivity contribution in [2.45, 2.75) is 31.8 Å². The molecule has 162 valence electrons. The molecule has 1 atom stereocenters. The van der Waals surface area contributed by atoms with Gasteiger partial charge in [0.25, 0.3) is 15.9 Å². The minimum absolute atomic E-state index is 0.0693. The van der Waals surface area contributed by atoms with E-state index in [9.17, 15) is 13.2 Å². The van der Waals surface area contributed by atoms with Gasteiger partial charge in [-0.1, -0.05) is 17.7 Å². The van der Waals surface area contributed by atoms with E-state index in [0.717, 1.165) is 11.1 Å². The van der Waals surface area contributed by atoms with Gasteiger partial charge in [0.1, 0.15) is 5.75 Å². The van der Waals surface area contributed by atoms with Gasteiger partial charge in [-0.15, -0.1) is 0 Å². The summed E-state index contributed by atoms with van der Waals surface area (Å²) in [6, 6.07) is 17.9. The number of carbonyl (C=O) groups is 1. The number of nitrogens with one attached hydrogen (secondary N) is 2. The zero-order valence-electron chi connectivity index (χ0n) is 17.3. The number of rotatable bonds is 7. The number of halogens is 1. The molecule has 0 aromatic heterocycles. The molecule has 0 fully saturated rings. The minimum atomic E-state index is -3.77. The van der Waals surface area contributed by atoms with Gasteiger partial charge in [-0.05, 0) is 92.6 Å². The fourth-order valence-electron chi connectivity index (χ4n) is 2.74. The lowest BCUT2D eigenvalue weighted by atomic mass is 10.1. The molecule has 0 radical (unpaired) electrons. The third-order valence-corrected chi connectivity index (χ3v) is 6.34. The smallest absolute Gasteiger partial charge is 0.265 e. The SMILES string of the molecule is Cc1ccc(O[C@@H](C)C(=O)Nc2ccc(S(=O)(=O)Nc3ccc(Cl)cc3)cc2)cc1C. The van der Waals surface area contributed by atoms with Crippen LogP contribution >= 0.6 is 11.6 Å². The Labute approximate surface area is 187 Å². The topological polar surface area (TPSA) is 84.5 Å². The largest absolute Gasteiger partial charge is 0.481 e. The molecule has 0 saturated carbocycles. The van der Waals surface area contributed by atoms with Crippen molar-refractivity contribution in [1.29, 1.82) is 0 Å². The summed E-state index contributed by atoms with van der Waals surface area (Å²) in [5.74, 6) is 0.272. The van der Waals surface area contributed by atoms with Gasteiger partial charge in [-0.3, -0.25) is 9.52 Å². The first kappa shape index (κ1) is 22.7. The molecular weight excluding hydrogens is 436 g/mol. The van der Waals surface area contributed by atoms with Crippen LogP contribution in [0.25, 0.3) is 0 Å². The van der Waals surface area contributed by atoms with Crippen LogP contribution in [-0.4, -0.2) is 20.4 Å². The quantitative estimate of drug-likeness (QED) is 0.512. The van der Waals surface area contributed by atoms with Crippen molar-refractivity contribution in [3.63, 3.8) is 0 Å². The highest BCUT2D eigenvalue weighted by Crippen LogP contribution is 2.21. The van der Waals surface area contributed by atoms with Crippen molar-refractivity contribution in [2.75, 3.05) is 10.0 Å². The zero-order chi connectivity index (χ0) is 22.6. The summed E-state index contributed by atoms with van der Waals surface area (Å²) < 4.78 is 33.3. The first-order valence-corrected chi connectivity index (χ1v) is 11.4. The summed E-state index contributed by atoms with van der Waals surface area (Å²) >= 11 is 5.82. The van der Waals surface area contributed by atoms with E-state index < -0.39 is 16.1 Å². The van der Waals surface area contributed by atoms with Crippen molar-refractivity contribution in [2.24, 2.45) is 0 Å². The Balaban J connectivity index is 1.63. The van der Waals surface area contributed by atoms with Crippen LogP contribution in [0.2, 0.25) is 5.02 Å². The number of anilines is 2. The number of hydrogen-bond acceptors (Lipinski definition) is 4. The number of sulfonamides is 1. The van der Waals surface area contributed by atoms with Crippen molar-refractivity contribution in [3.05, 3.63) is 82.9 Å². The molecule has 1 amide bonds. The second kappa shape index (κ2) is 9.41. The molecule has 31 heavy (non-hydrogen) atoms. The Kier molecular flexibility index (Phi) is 6.87. The summed E-state index contributed by atoms with van der Waals surface area (Å²) in [6.07, 6.45) is -0.725. The van der Waals surface area contributed by atoms with Crippen LogP contribution in [-0.2, 0) is 14.8 Å². The molecule has 3 rings (SSSR count). The van der Waals surface area contributed by atoms with Crippen LogP contribution < -0.4 is 14.8 Å². The standard InChI is InChI=1S/C23H23ClN2O4S/c1-15-4-11-21(14-16(15)2)30-17(3)23(27)25-19-9-12-22(13-10-19)31(28,29)26-20-7-5-18(24)6-8-20/h4-14,17,26H,1-3H3,(H,25,27)/t17-/m0/s1. The molecule has 0 aliphatic carbocycles. The molecule has 2 N–H and O–H groups in total. The molecule has 0 heterocycles. The maximum atomic E-state index is 12.5. The first-order chi connectivity index (χ1) is 14.6. The predicted molar refractivity (Wildman–Crippen MR) is 123 cm³/mol. The van der Waals surface area contributed by atoms with Gasteiger partial charge >= 0.3 is 0 Å². The van der Waals surface area contributed by atoms with E-state index in [4.69, 9.17) is 16.3 Å². The second-order valence-electron chi connectivity index (χ2n) is 7.13. The normalized spacial score (nSPS) is 12.1. The highest BCUT2D eigenvalue weighted by Gasteiger charge is 2.17. The van der Waals surface area contributed by atoms with E-state index in [1.165, 1.54) is 24.3 Å². The minimum Gasteiger partial charge on any atom is -0.481 e. The van der Waals surface area contributed by atoms with Gasteiger partial charge in [0.15, 0.2) is 6.10 Å². The van der Waals surface area contributed by atoms with Crippen LogP contribution in [0.1, 0.15) is 18.1 Å². The van der Waals surface area contributed by atoms with Gasteiger partial charge < -0.3 is 10.1 Å². The molecule has 6 nitrogen and oxygen atoms in total. The van der Waals surface area contributed by atoms with E-state index in [-0.39, 0.29) is 10.8 Å². The summed E-state index contributed by atoms with van der Waals surface area (Å²) in [5, 5.41) is 3.24. The lowest BCUT2D eigenvalue weighted by Crippen LogP contribution is -2.30. The highest BCUT2D eigenvalue weighted by molar-refractivity contribution is 7.92. The van der Waals surface area contributed by atoms with Gasteiger partial charge in [0.05, 0.1) is 4.90 Å². The monoisotopic (exact) mass is 458 g/mol. The van der Waals surface area contributed by atoms with E-state index in [1.807, 2.05) is 32.0 Å². The molecule has 0 aliphatic rings. The van der Waals surface area contributed by atoms with Crippen molar-refractivity contribution < 1.29 is 17.9 Å². The van der Waals surface area contributed by atoms with Crippen LogP contribution in [0.15, 0.2) is 71.6 Å². The Morgan fingerprint density at radius 2 is 1.52 bits per heavy atom. The number of aryl methyl sites for hydroxylation is 2. The predicted octanol–water partition coefficient (Wildman–Crippen LogP) is 5.16. The maximum Gasteiger partial charge on any atom is 0.265 e. The molecule has 0 aliphatic heterocycles. The lowest BCUT2D eigenvalue weighted by molar-refractivity contribution is -0.122. The molecule has 3 aromatic carbocycles. The summed E-state index contributed by atoms with van der Waals surface area (Å²) in [4.78, 5) is 12.5. The van der Waals surface area contributed by atoms with Crippen molar-refractivity contribution >= 4 is 38.9 Å². The zero-order valence-corrected chi connectivity index (χ0v) is 18.9. The lowest BCUT2D eigenvalue weighted by Gasteiger charge is -2.16. The van der Waals surface area contributed by atoms with E-state index >= 15 is 0 Å². The van der Waals surface area contributed by atoms with Crippen LogP contribution in [0.3, 0.4) is 0 Å². The fourth-order valence-corrected chi connectivity index (χ4v) is 3.92. The Hall–Kier alpha value is -3.03. The number of ether oxygens (including phenoxy) is 1. The average molecular weight is 459 g/mol. The van der Waals surface area contributed by atoms with Crippen LogP contribution in [0.5, 0.6) is 5.75 Å². The van der Waals surface area contributed by atoms with Crippen molar-refractivity contribution in [1.82, 2.24) is 0 Å². The van der Waals surface area contributed by atoms with Crippen molar-refractivity contribution in [3.8, 4) is 5.75 Å². The average Bonchev–Trinajstić information content (AvgIpc) is 2.72. The first-order valence-electron chi connectivity index (χ1n) is 9.57. The van der Waals surface area contributed by atoms with Crippen LogP contribution in [0.4, 0.5) is 11.4 Å². The summed E-state index contributed by atoms with van der Waals surface area (Å²) in [5.41, 5.74) is 3.09. The number of hydrogen-bond donors (Lipinski definition) is 2. The maximum absolute atomic E-state index is 12.5. The summed E-state index contributed by atoms with van der Waals surface area (Å²) in [7, 11) is -3.77. The highest BCUT2D eigenvalue weighted by atomic mass is 35.5. The molecule has 0 bridgehead atoms. The molecule has 0 spiro atoms. The van der Waals surface area contributed by atoms with Crippen LogP contribution in [0, 0.1) is 13.8 Å². The third-order valence-electron chi connectivity index (χ3n) is 4.69. The molecule has 3 aromatic rings. The summed E-state index contributed by atoms with van der Waals surface area (Å²) in [6.45, 7) is 5.63. The Morgan fingerprint density at radius 1 is 0.903 bits per heavy atom. The van der Waals surface area contributed by atoms with Gasteiger partial charge in [-0.25, -0.2) is 8.42 Å². The number of carbonyl (C=O) groups excluding carboxylic acids is 1. The van der Waals surface area contributed by atoms with Gasteiger partial charge in [0, 0.05) is 16.4 Å². The second-order valence-corrected chi connectivity index (χ2v) is 9.25. The Bertz CT molecular complexity index is 1180. The number of benzene rings is 3. The van der Waals surface area contributed by atoms with Gasteiger partial charge in [0.2, 0.25) is 0 Å². The van der Waals surface area contributed by atoms with E-state index in [2.05, 4.69) is 10.0 Å². The number of amides is 1. The molecule has 0 unspecified atom stereocenters. The van der Waals surface area contributed by atoms with E-state index in [1.54, 1.807) is 31.2 Å². The third kappa shape index (κ3) is 5.99. The fraction of sp³-hybridized carbons (Fsp3) is 0.174. The van der Waals surface area contributed by atoms with Gasteiger partial charge in [-0.2, -0.15) is 0 Å². The molecular formula is C23H23ClN2O4S.